The third kappa shape index (κ3) is 5.08. The smallest absolute Gasteiger partial charge is 0.358 e. The van der Waals surface area contributed by atoms with Crippen molar-refractivity contribution in [3.8, 4) is 10.8 Å². The van der Waals surface area contributed by atoms with E-state index in [-0.39, 0.29) is 11.7 Å². The van der Waals surface area contributed by atoms with E-state index in [9.17, 15) is 9.59 Å². The maximum Gasteiger partial charge on any atom is 0.358 e. The molecular weight excluding hydrogens is 388 g/mol. The van der Waals surface area contributed by atoms with Crippen LogP contribution in [0.5, 0.6) is 0 Å². The number of esters is 1. The van der Waals surface area contributed by atoms with Crippen molar-refractivity contribution in [1.82, 2.24) is 20.3 Å². The van der Waals surface area contributed by atoms with Gasteiger partial charge in [-0.2, -0.15) is 0 Å². The first-order valence-corrected chi connectivity index (χ1v) is 9.23. The highest BCUT2D eigenvalue weighted by atomic mass is 35.5. The molecule has 1 aromatic carbocycles. The van der Waals surface area contributed by atoms with E-state index in [1.54, 1.807) is 36.0 Å². The fourth-order valence-corrected chi connectivity index (χ4v) is 3.06. The van der Waals surface area contributed by atoms with E-state index in [1.807, 2.05) is 19.1 Å². The highest BCUT2D eigenvalue weighted by Gasteiger charge is 2.17. The van der Waals surface area contributed by atoms with E-state index in [1.165, 1.54) is 11.3 Å². The molecule has 2 heterocycles. The number of carbonyl (C=O) groups excluding carboxylic acids is 2. The largest absolute Gasteiger partial charge is 0.451 e. The van der Waals surface area contributed by atoms with Gasteiger partial charge in [-0.1, -0.05) is 23.7 Å². The zero-order valence-electron chi connectivity index (χ0n) is 14.3. The topological polar surface area (TPSA) is 94.1 Å². The predicted molar refractivity (Wildman–Crippen MR) is 101 cm³/mol. The van der Waals surface area contributed by atoms with Gasteiger partial charge in [0.05, 0.1) is 6.04 Å². The number of hydrogen-bond acceptors (Lipinski definition) is 7. The molecule has 9 heteroatoms. The molecule has 1 unspecified atom stereocenters. The number of ether oxygens (including phenoxy) is 1. The number of nitrogens with zero attached hydrogens (tertiary/aromatic N) is 3. The summed E-state index contributed by atoms with van der Waals surface area (Å²) < 4.78 is 5.03. The normalized spacial score (nSPS) is 11.6. The van der Waals surface area contributed by atoms with Crippen molar-refractivity contribution < 1.29 is 14.3 Å². The number of aromatic nitrogens is 3. The molecule has 0 saturated heterocycles. The average Bonchev–Trinajstić information content (AvgIpc) is 3.17. The molecule has 1 atom stereocenters. The first kappa shape index (κ1) is 18.9. The molecule has 138 valence electrons. The Morgan fingerprint density at radius 3 is 2.63 bits per heavy atom. The number of benzene rings is 1. The monoisotopic (exact) mass is 402 g/mol. The molecule has 3 rings (SSSR count). The number of rotatable bonds is 6. The van der Waals surface area contributed by atoms with Crippen LogP contribution in [0, 0.1) is 0 Å². The molecule has 0 radical (unpaired) electrons. The first-order chi connectivity index (χ1) is 13.0. The minimum Gasteiger partial charge on any atom is -0.451 e. The molecule has 1 N–H and O–H groups in total. The number of nitrogens with one attached hydrogen (secondary N) is 1. The predicted octanol–water partition coefficient (Wildman–Crippen LogP) is 3.29. The van der Waals surface area contributed by atoms with Crippen LogP contribution in [0.2, 0.25) is 5.02 Å². The second kappa shape index (κ2) is 8.70. The Bertz CT molecular complexity index is 931. The lowest BCUT2D eigenvalue weighted by atomic mass is 10.1. The van der Waals surface area contributed by atoms with Crippen molar-refractivity contribution in [2.75, 3.05) is 6.61 Å². The summed E-state index contributed by atoms with van der Waals surface area (Å²) in [6, 6.07) is 8.58. The molecule has 0 aliphatic rings. The van der Waals surface area contributed by atoms with Gasteiger partial charge in [0.1, 0.15) is 0 Å². The summed E-state index contributed by atoms with van der Waals surface area (Å²) >= 11 is 7.07. The average molecular weight is 403 g/mol. The number of carbonyl (C=O) groups is 2. The van der Waals surface area contributed by atoms with E-state index in [0.29, 0.717) is 15.9 Å². The summed E-state index contributed by atoms with van der Waals surface area (Å²) in [5, 5.41) is 5.42. The lowest BCUT2D eigenvalue weighted by Crippen LogP contribution is -2.31. The molecule has 0 aliphatic carbocycles. The summed E-state index contributed by atoms with van der Waals surface area (Å²) in [6.07, 6.45) is 3.18. The fraction of sp³-hybridized carbons (Fsp3) is 0.167. The molecular formula is C18H15ClN4O3S. The van der Waals surface area contributed by atoms with Gasteiger partial charge in [-0.3, -0.25) is 4.79 Å². The van der Waals surface area contributed by atoms with Crippen molar-refractivity contribution in [2.24, 2.45) is 0 Å². The van der Waals surface area contributed by atoms with Gasteiger partial charge in [-0.25, -0.2) is 19.7 Å². The summed E-state index contributed by atoms with van der Waals surface area (Å²) in [5.41, 5.74) is 1.01. The van der Waals surface area contributed by atoms with Crippen LogP contribution < -0.4 is 5.32 Å². The van der Waals surface area contributed by atoms with E-state index in [2.05, 4.69) is 20.3 Å². The second-order valence-corrected chi connectivity index (χ2v) is 6.82. The van der Waals surface area contributed by atoms with Crippen LogP contribution in [-0.2, 0) is 9.53 Å². The van der Waals surface area contributed by atoms with Gasteiger partial charge < -0.3 is 10.1 Å². The fourth-order valence-electron chi connectivity index (χ4n) is 2.20. The number of thiazole rings is 1. The Morgan fingerprint density at radius 1 is 1.22 bits per heavy atom. The minimum atomic E-state index is -0.678. The van der Waals surface area contributed by atoms with Gasteiger partial charge in [-0.15, -0.1) is 11.3 Å². The SMILES string of the molecule is CC(NC(=O)COC(=O)c1csc(-c2ncccn2)n1)c1ccc(Cl)cc1. The van der Waals surface area contributed by atoms with Gasteiger partial charge >= 0.3 is 5.97 Å². The highest BCUT2D eigenvalue weighted by molar-refractivity contribution is 7.13. The molecule has 0 bridgehead atoms. The Hall–Kier alpha value is -2.84. The van der Waals surface area contributed by atoms with Crippen LogP contribution in [0.3, 0.4) is 0 Å². The van der Waals surface area contributed by atoms with Crippen molar-refractivity contribution in [3.05, 3.63) is 64.4 Å². The number of halogens is 1. The third-order valence-corrected chi connectivity index (χ3v) is 4.64. The van der Waals surface area contributed by atoms with Crippen molar-refractivity contribution in [2.45, 2.75) is 13.0 Å². The molecule has 2 aromatic heterocycles. The standard InChI is InChI=1S/C18H15ClN4O3S/c1-11(12-3-5-13(19)6-4-12)22-15(24)9-26-18(25)14-10-27-17(23-14)16-20-7-2-8-21-16/h2-8,10-11H,9H2,1H3,(H,22,24). The zero-order valence-corrected chi connectivity index (χ0v) is 15.8. The van der Waals surface area contributed by atoms with E-state index < -0.39 is 18.5 Å². The van der Waals surface area contributed by atoms with Gasteiger partial charge in [-0.05, 0) is 30.7 Å². The Balaban J connectivity index is 1.52. The van der Waals surface area contributed by atoms with Crippen LogP contribution in [0.25, 0.3) is 10.8 Å². The maximum absolute atomic E-state index is 12.1. The third-order valence-electron chi connectivity index (χ3n) is 3.55. The molecule has 0 aliphatic heterocycles. The maximum atomic E-state index is 12.1. The molecule has 0 saturated carbocycles. The Labute approximate surface area is 164 Å². The van der Waals surface area contributed by atoms with Crippen LogP contribution in [0.15, 0.2) is 48.1 Å². The van der Waals surface area contributed by atoms with Crippen molar-refractivity contribution in [1.29, 1.82) is 0 Å². The van der Waals surface area contributed by atoms with Crippen LogP contribution in [0.4, 0.5) is 0 Å². The molecule has 1 amide bonds. The zero-order chi connectivity index (χ0) is 19.2. The lowest BCUT2D eigenvalue weighted by molar-refractivity contribution is -0.124. The van der Waals surface area contributed by atoms with Gasteiger partial charge in [0.25, 0.3) is 5.91 Å². The van der Waals surface area contributed by atoms with E-state index in [0.717, 1.165) is 5.56 Å². The molecule has 27 heavy (non-hydrogen) atoms. The minimum absolute atomic E-state index is 0.112. The van der Waals surface area contributed by atoms with Crippen LogP contribution in [-0.4, -0.2) is 33.4 Å². The molecule has 7 nitrogen and oxygen atoms in total. The summed E-state index contributed by atoms with van der Waals surface area (Å²) in [5.74, 6) is -0.661. The second-order valence-electron chi connectivity index (χ2n) is 5.53. The Kier molecular flexibility index (Phi) is 6.10. The lowest BCUT2D eigenvalue weighted by Gasteiger charge is -2.14. The Morgan fingerprint density at radius 2 is 1.93 bits per heavy atom. The molecule has 3 aromatic rings. The number of amides is 1. The van der Waals surface area contributed by atoms with Crippen molar-refractivity contribution >= 4 is 34.8 Å². The van der Waals surface area contributed by atoms with Crippen LogP contribution >= 0.6 is 22.9 Å². The molecule has 0 spiro atoms. The van der Waals surface area contributed by atoms with E-state index in [4.69, 9.17) is 16.3 Å². The summed E-state index contributed by atoms with van der Waals surface area (Å²) in [4.78, 5) is 36.4. The highest BCUT2D eigenvalue weighted by Crippen LogP contribution is 2.20. The quantitative estimate of drug-likeness (QED) is 0.636. The van der Waals surface area contributed by atoms with Gasteiger partial charge in [0, 0.05) is 22.8 Å². The molecule has 0 fully saturated rings. The van der Waals surface area contributed by atoms with Gasteiger partial charge in [0.2, 0.25) is 0 Å². The van der Waals surface area contributed by atoms with E-state index >= 15 is 0 Å². The van der Waals surface area contributed by atoms with Crippen molar-refractivity contribution in [3.63, 3.8) is 0 Å². The first-order valence-electron chi connectivity index (χ1n) is 7.98. The summed E-state index contributed by atoms with van der Waals surface area (Å²) in [6.45, 7) is 1.43. The van der Waals surface area contributed by atoms with Gasteiger partial charge in [0.15, 0.2) is 23.1 Å². The number of hydrogen-bond donors (Lipinski definition) is 1. The van der Waals surface area contributed by atoms with Crippen LogP contribution in [0.1, 0.15) is 29.0 Å². The summed E-state index contributed by atoms with van der Waals surface area (Å²) in [7, 11) is 0.